The molecular weight excluding hydrogens is 235 g/mol. The highest BCUT2D eigenvalue weighted by molar-refractivity contribution is 5.85. The van der Waals surface area contributed by atoms with Crippen LogP contribution in [0.25, 0.3) is 6.08 Å². The van der Waals surface area contributed by atoms with Crippen LogP contribution in [-0.2, 0) is 4.79 Å². The lowest BCUT2D eigenvalue weighted by Gasteiger charge is -2.08. The summed E-state index contributed by atoms with van der Waals surface area (Å²) in [5.74, 6) is -1.46. The Hall–Kier alpha value is -2.10. The smallest absolute Gasteiger partial charge is 0.328 e. The van der Waals surface area contributed by atoms with E-state index in [0.29, 0.717) is 5.56 Å². The molecule has 18 heavy (non-hydrogen) atoms. The molecule has 1 aromatic rings. The molecule has 1 N–H and O–H groups in total. The minimum atomic E-state index is -1.07. The first-order valence-corrected chi connectivity index (χ1v) is 5.53. The summed E-state index contributed by atoms with van der Waals surface area (Å²) in [7, 11) is 0. The molecule has 96 valence electrons. The molecule has 0 aliphatic carbocycles. The van der Waals surface area contributed by atoms with Gasteiger partial charge in [-0.05, 0) is 35.8 Å². The number of ether oxygens (including phenoxy) is 1. The number of hydrogen-bond acceptors (Lipinski definition) is 2. The molecule has 0 unspecified atom stereocenters. The molecule has 0 aliphatic heterocycles. The monoisotopic (exact) mass is 250 g/mol. The van der Waals surface area contributed by atoms with Crippen molar-refractivity contribution in [3.05, 3.63) is 47.8 Å². The van der Waals surface area contributed by atoms with Crippen molar-refractivity contribution in [2.24, 2.45) is 0 Å². The van der Waals surface area contributed by atoms with Crippen LogP contribution in [0, 0.1) is 5.82 Å². The van der Waals surface area contributed by atoms with Gasteiger partial charge in [-0.2, -0.15) is 0 Å². The second kappa shape index (κ2) is 6.59. The highest BCUT2D eigenvalue weighted by Gasteiger charge is 2.04. The fourth-order valence-electron chi connectivity index (χ4n) is 1.19. The van der Waals surface area contributed by atoms with Crippen molar-refractivity contribution in [1.82, 2.24) is 0 Å². The molecular formula is C14H15FO3. The number of carboxylic acids is 1. The minimum Gasteiger partial charge on any atom is -0.486 e. The lowest BCUT2D eigenvalue weighted by atomic mass is 10.2. The van der Waals surface area contributed by atoms with E-state index < -0.39 is 11.8 Å². The lowest BCUT2D eigenvalue weighted by Crippen LogP contribution is -2.01. The molecule has 0 radical (unpaired) electrons. The Morgan fingerprint density at radius 1 is 1.56 bits per heavy atom. The van der Waals surface area contributed by atoms with Crippen molar-refractivity contribution in [2.45, 2.75) is 13.3 Å². The maximum Gasteiger partial charge on any atom is 0.328 e. The highest BCUT2D eigenvalue weighted by Crippen LogP contribution is 2.19. The van der Waals surface area contributed by atoms with E-state index in [-0.39, 0.29) is 12.4 Å². The largest absolute Gasteiger partial charge is 0.486 e. The van der Waals surface area contributed by atoms with Crippen LogP contribution < -0.4 is 4.74 Å². The second-order valence-corrected chi connectivity index (χ2v) is 3.75. The summed E-state index contributed by atoms with van der Waals surface area (Å²) >= 11 is 0. The fraction of sp³-hybridized carbons (Fsp3) is 0.214. The average Bonchev–Trinajstić information content (AvgIpc) is 2.34. The van der Waals surface area contributed by atoms with Gasteiger partial charge in [0.15, 0.2) is 11.6 Å². The fourth-order valence-corrected chi connectivity index (χ4v) is 1.19. The predicted octanol–water partition coefficient (Wildman–Crippen LogP) is 3.27. The standard InChI is InChI=1S/C14H15FO3/c1-3-10(2)9-18-13-6-4-11(8-12(13)15)5-7-14(16)17/h4-8H,2-3,9H2,1H3,(H,16,17)/b7-5+. The van der Waals surface area contributed by atoms with Gasteiger partial charge in [-0.3, -0.25) is 0 Å². The molecule has 0 bridgehead atoms. The summed E-state index contributed by atoms with van der Waals surface area (Å²) in [6.07, 6.45) is 3.05. The first-order valence-electron chi connectivity index (χ1n) is 5.53. The first-order chi connectivity index (χ1) is 8.52. The molecule has 0 saturated heterocycles. The number of rotatable bonds is 6. The third-order valence-corrected chi connectivity index (χ3v) is 2.31. The molecule has 0 aliphatic rings. The van der Waals surface area contributed by atoms with Crippen molar-refractivity contribution in [3.8, 4) is 5.75 Å². The Balaban J connectivity index is 2.73. The maximum absolute atomic E-state index is 13.6. The molecule has 0 atom stereocenters. The molecule has 0 saturated carbocycles. The summed E-state index contributed by atoms with van der Waals surface area (Å²) in [4.78, 5) is 10.3. The second-order valence-electron chi connectivity index (χ2n) is 3.75. The van der Waals surface area contributed by atoms with Gasteiger partial charge in [0.1, 0.15) is 6.61 Å². The van der Waals surface area contributed by atoms with E-state index in [1.54, 1.807) is 6.07 Å². The van der Waals surface area contributed by atoms with E-state index in [9.17, 15) is 9.18 Å². The SMILES string of the molecule is C=C(CC)COc1ccc(/C=C/C(=O)O)cc1F. The Morgan fingerprint density at radius 3 is 2.83 bits per heavy atom. The molecule has 3 nitrogen and oxygen atoms in total. The van der Waals surface area contributed by atoms with Crippen LogP contribution in [0.5, 0.6) is 5.75 Å². The Kier molecular flexibility index (Phi) is 5.11. The lowest BCUT2D eigenvalue weighted by molar-refractivity contribution is -0.131. The van der Waals surface area contributed by atoms with E-state index >= 15 is 0 Å². The summed E-state index contributed by atoms with van der Waals surface area (Å²) in [6, 6.07) is 4.29. The summed E-state index contributed by atoms with van der Waals surface area (Å²) in [5, 5.41) is 8.46. The van der Waals surface area contributed by atoms with Gasteiger partial charge in [-0.1, -0.05) is 19.6 Å². The maximum atomic E-state index is 13.6. The molecule has 0 fully saturated rings. The first kappa shape index (κ1) is 14.0. The molecule has 4 heteroatoms. The zero-order valence-electron chi connectivity index (χ0n) is 10.1. The van der Waals surface area contributed by atoms with Crippen LogP contribution in [0.3, 0.4) is 0 Å². The molecule has 0 aromatic heterocycles. The molecule has 1 rings (SSSR count). The number of carboxylic acid groups (broad SMARTS) is 1. The highest BCUT2D eigenvalue weighted by atomic mass is 19.1. The predicted molar refractivity (Wildman–Crippen MR) is 68.0 cm³/mol. The van der Waals surface area contributed by atoms with Crippen LogP contribution in [0.4, 0.5) is 4.39 Å². The quantitative estimate of drug-likeness (QED) is 0.622. The number of carbonyl (C=O) groups is 1. The van der Waals surface area contributed by atoms with Gasteiger partial charge in [0.2, 0.25) is 0 Å². The van der Waals surface area contributed by atoms with Crippen molar-refractivity contribution in [2.75, 3.05) is 6.61 Å². The average molecular weight is 250 g/mol. The van der Waals surface area contributed by atoms with E-state index in [2.05, 4.69) is 6.58 Å². The summed E-state index contributed by atoms with van der Waals surface area (Å²) in [5.41, 5.74) is 1.35. The van der Waals surface area contributed by atoms with Gasteiger partial charge in [0, 0.05) is 6.08 Å². The van der Waals surface area contributed by atoms with Gasteiger partial charge < -0.3 is 9.84 Å². The van der Waals surface area contributed by atoms with Crippen molar-refractivity contribution < 1.29 is 19.0 Å². The van der Waals surface area contributed by atoms with Crippen LogP contribution >= 0.6 is 0 Å². The van der Waals surface area contributed by atoms with Crippen molar-refractivity contribution >= 4 is 12.0 Å². The van der Waals surface area contributed by atoms with Crippen LogP contribution in [0.15, 0.2) is 36.4 Å². The van der Waals surface area contributed by atoms with Crippen molar-refractivity contribution in [1.29, 1.82) is 0 Å². The third kappa shape index (κ3) is 4.41. The molecule has 0 heterocycles. The van der Waals surface area contributed by atoms with Gasteiger partial charge in [-0.15, -0.1) is 0 Å². The number of aliphatic carboxylic acids is 1. The minimum absolute atomic E-state index is 0.136. The van der Waals surface area contributed by atoms with Gasteiger partial charge in [0.05, 0.1) is 0 Å². The van der Waals surface area contributed by atoms with E-state index in [1.807, 2.05) is 6.92 Å². The number of halogens is 1. The Bertz CT molecular complexity index is 478. The third-order valence-electron chi connectivity index (χ3n) is 2.31. The van der Waals surface area contributed by atoms with E-state index in [1.165, 1.54) is 18.2 Å². The molecule has 0 spiro atoms. The Morgan fingerprint density at radius 2 is 2.28 bits per heavy atom. The summed E-state index contributed by atoms with van der Waals surface area (Å²) < 4.78 is 18.8. The number of benzene rings is 1. The summed E-state index contributed by atoms with van der Waals surface area (Å²) in [6.45, 7) is 5.98. The van der Waals surface area contributed by atoms with Crippen LogP contribution in [0.1, 0.15) is 18.9 Å². The Labute approximate surface area is 105 Å². The normalized spacial score (nSPS) is 10.6. The molecule has 1 aromatic carbocycles. The van der Waals surface area contributed by atoms with Crippen molar-refractivity contribution in [3.63, 3.8) is 0 Å². The number of hydrogen-bond donors (Lipinski definition) is 1. The zero-order valence-corrected chi connectivity index (χ0v) is 10.1. The topological polar surface area (TPSA) is 46.5 Å². The van der Waals surface area contributed by atoms with E-state index in [0.717, 1.165) is 18.1 Å². The van der Waals surface area contributed by atoms with Gasteiger partial charge >= 0.3 is 5.97 Å². The van der Waals surface area contributed by atoms with Gasteiger partial charge in [-0.25, -0.2) is 9.18 Å². The molecule has 0 amide bonds. The zero-order chi connectivity index (χ0) is 13.5. The van der Waals surface area contributed by atoms with E-state index in [4.69, 9.17) is 9.84 Å². The van der Waals surface area contributed by atoms with Crippen LogP contribution in [-0.4, -0.2) is 17.7 Å². The van der Waals surface area contributed by atoms with Gasteiger partial charge in [0.25, 0.3) is 0 Å². The van der Waals surface area contributed by atoms with Crippen LogP contribution in [0.2, 0.25) is 0 Å².